The molecule has 0 bridgehead atoms. The lowest BCUT2D eigenvalue weighted by atomic mass is 10.1. The third kappa shape index (κ3) is 3.66. The molecular weight excluding hydrogens is 390 g/mol. The molecule has 0 unspecified atom stereocenters. The van der Waals surface area contributed by atoms with Crippen molar-refractivity contribution in [3.05, 3.63) is 52.9 Å². The van der Waals surface area contributed by atoms with Crippen molar-refractivity contribution in [1.29, 1.82) is 0 Å². The molecule has 1 N–H and O–H groups in total. The summed E-state index contributed by atoms with van der Waals surface area (Å²) in [5.74, 6) is 1.90. The van der Waals surface area contributed by atoms with Crippen LogP contribution in [-0.2, 0) is 30.7 Å². The molecule has 0 saturated heterocycles. The van der Waals surface area contributed by atoms with Gasteiger partial charge in [-0.3, -0.25) is 4.79 Å². The van der Waals surface area contributed by atoms with Crippen molar-refractivity contribution in [3.8, 4) is 0 Å². The van der Waals surface area contributed by atoms with E-state index >= 15 is 0 Å². The van der Waals surface area contributed by atoms with Crippen LogP contribution < -0.4 is 5.32 Å². The Kier molecular flexibility index (Phi) is 5.13. The molecule has 0 saturated carbocycles. The number of rotatable bonds is 5. The smallest absolute Gasteiger partial charge is 0.220 e. The molecule has 5 rings (SSSR count). The Morgan fingerprint density at radius 3 is 2.90 bits per heavy atom. The summed E-state index contributed by atoms with van der Waals surface area (Å²) in [6.45, 7) is 5.42. The zero-order valence-electron chi connectivity index (χ0n) is 18.1. The second kappa shape index (κ2) is 8.09. The molecule has 160 valence electrons. The molecule has 0 spiro atoms. The lowest BCUT2D eigenvalue weighted by Crippen LogP contribution is -2.25. The number of benzene rings is 1. The predicted molar refractivity (Wildman–Crippen MR) is 118 cm³/mol. The quantitative estimate of drug-likeness (QED) is 0.539. The molecule has 8 heteroatoms. The van der Waals surface area contributed by atoms with Gasteiger partial charge in [0, 0.05) is 36.2 Å². The van der Waals surface area contributed by atoms with Crippen LogP contribution in [0.2, 0.25) is 0 Å². The van der Waals surface area contributed by atoms with E-state index in [4.69, 9.17) is 10.1 Å². The highest BCUT2D eigenvalue weighted by molar-refractivity contribution is 5.92. The van der Waals surface area contributed by atoms with Gasteiger partial charge in [-0.1, -0.05) is 18.6 Å². The number of fused-ring (bicyclic) bond motifs is 4. The molecule has 0 radical (unpaired) electrons. The fraction of sp³-hybridized carbons (Fsp3) is 0.435. The molecule has 0 atom stereocenters. The topological polar surface area (TPSA) is 90.0 Å². The van der Waals surface area contributed by atoms with Gasteiger partial charge in [0.15, 0.2) is 11.5 Å². The number of aromatic nitrogens is 6. The number of amides is 1. The molecule has 4 heterocycles. The molecule has 31 heavy (non-hydrogen) atoms. The van der Waals surface area contributed by atoms with E-state index in [-0.39, 0.29) is 5.91 Å². The van der Waals surface area contributed by atoms with Gasteiger partial charge in [0.25, 0.3) is 0 Å². The van der Waals surface area contributed by atoms with Crippen LogP contribution in [0.5, 0.6) is 0 Å². The van der Waals surface area contributed by atoms with E-state index < -0.39 is 0 Å². The van der Waals surface area contributed by atoms with Gasteiger partial charge in [0.1, 0.15) is 5.82 Å². The van der Waals surface area contributed by atoms with Gasteiger partial charge < -0.3 is 9.88 Å². The number of nitrogens with zero attached hydrogens (tertiary/aromatic N) is 6. The molecule has 0 fully saturated rings. The summed E-state index contributed by atoms with van der Waals surface area (Å²) in [6, 6.07) is 8.03. The van der Waals surface area contributed by atoms with Crippen LogP contribution in [-0.4, -0.2) is 35.3 Å². The highest BCUT2D eigenvalue weighted by Crippen LogP contribution is 2.23. The number of carbonyl (C=O) groups excluding carboxylic acids is 1. The van der Waals surface area contributed by atoms with Crippen molar-refractivity contribution in [2.24, 2.45) is 0 Å². The Labute approximate surface area is 180 Å². The molecule has 1 aliphatic rings. The lowest BCUT2D eigenvalue weighted by Gasteiger charge is -2.11. The summed E-state index contributed by atoms with van der Waals surface area (Å²) in [4.78, 5) is 17.4. The second-order valence-corrected chi connectivity index (χ2v) is 8.29. The summed E-state index contributed by atoms with van der Waals surface area (Å²) in [6.07, 6.45) is 5.52. The molecule has 1 aromatic carbocycles. The molecule has 0 aliphatic carbocycles. The van der Waals surface area contributed by atoms with Crippen molar-refractivity contribution >= 4 is 22.5 Å². The van der Waals surface area contributed by atoms with Crippen molar-refractivity contribution in [3.63, 3.8) is 0 Å². The fourth-order valence-electron chi connectivity index (χ4n) is 4.52. The number of carbonyl (C=O) groups is 1. The monoisotopic (exact) mass is 417 g/mol. The first-order valence-electron chi connectivity index (χ1n) is 11.0. The Balaban J connectivity index is 1.28. The SMILES string of the molecule is Cc1nc2c3ccccc3nn2c(C)c1CCC(=O)NCc1nnc2n1CCCCC2. The van der Waals surface area contributed by atoms with Crippen molar-refractivity contribution < 1.29 is 4.79 Å². The van der Waals surface area contributed by atoms with Gasteiger partial charge in [-0.05, 0) is 50.8 Å². The minimum absolute atomic E-state index is 0.00972. The van der Waals surface area contributed by atoms with Crippen LogP contribution >= 0.6 is 0 Å². The van der Waals surface area contributed by atoms with E-state index in [1.54, 1.807) is 0 Å². The van der Waals surface area contributed by atoms with Crippen molar-refractivity contribution in [2.45, 2.75) is 65.5 Å². The number of aryl methyl sites for hydroxylation is 3. The van der Waals surface area contributed by atoms with Gasteiger partial charge in [-0.15, -0.1) is 10.2 Å². The summed E-state index contributed by atoms with van der Waals surface area (Å²) in [5.41, 5.74) is 4.86. The van der Waals surface area contributed by atoms with E-state index in [1.807, 2.05) is 42.6 Å². The molecule has 8 nitrogen and oxygen atoms in total. The Morgan fingerprint density at radius 1 is 1.13 bits per heavy atom. The van der Waals surface area contributed by atoms with E-state index in [9.17, 15) is 4.79 Å². The van der Waals surface area contributed by atoms with Crippen molar-refractivity contribution in [1.82, 2.24) is 34.7 Å². The molecule has 4 aromatic rings. The minimum atomic E-state index is 0.00972. The summed E-state index contributed by atoms with van der Waals surface area (Å²) in [5, 5.41) is 17.4. The van der Waals surface area contributed by atoms with Crippen molar-refractivity contribution in [2.75, 3.05) is 0 Å². The summed E-state index contributed by atoms with van der Waals surface area (Å²) >= 11 is 0. The fourth-order valence-corrected chi connectivity index (χ4v) is 4.52. The summed E-state index contributed by atoms with van der Waals surface area (Å²) in [7, 11) is 0. The Morgan fingerprint density at radius 2 is 2.00 bits per heavy atom. The molecule has 1 aliphatic heterocycles. The first-order valence-corrected chi connectivity index (χ1v) is 11.0. The van der Waals surface area contributed by atoms with Crippen LogP contribution in [0.25, 0.3) is 16.6 Å². The third-order valence-corrected chi connectivity index (χ3v) is 6.25. The van der Waals surface area contributed by atoms with E-state index in [0.29, 0.717) is 19.4 Å². The molecular formula is C23H27N7O. The third-order valence-electron chi connectivity index (χ3n) is 6.25. The summed E-state index contributed by atoms with van der Waals surface area (Å²) < 4.78 is 4.07. The van der Waals surface area contributed by atoms with Gasteiger partial charge in [0.05, 0.1) is 12.1 Å². The van der Waals surface area contributed by atoms with Crippen LogP contribution in [0, 0.1) is 13.8 Å². The number of hydrogen-bond donors (Lipinski definition) is 1. The highest BCUT2D eigenvalue weighted by atomic mass is 16.1. The van der Waals surface area contributed by atoms with E-state index in [1.165, 1.54) is 6.42 Å². The Bertz CT molecular complexity index is 1270. The highest BCUT2D eigenvalue weighted by Gasteiger charge is 2.17. The maximum Gasteiger partial charge on any atom is 0.220 e. The van der Waals surface area contributed by atoms with Crippen LogP contribution in [0.3, 0.4) is 0 Å². The number of hydrogen-bond acceptors (Lipinski definition) is 5. The van der Waals surface area contributed by atoms with Gasteiger partial charge >= 0.3 is 0 Å². The molecule has 3 aromatic heterocycles. The van der Waals surface area contributed by atoms with Gasteiger partial charge in [-0.2, -0.15) is 5.10 Å². The van der Waals surface area contributed by atoms with Gasteiger partial charge in [0.2, 0.25) is 5.91 Å². The van der Waals surface area contributed by atoms with E-state index in [2.05, 4.69) is 20.1 Å². The zero-order chi connectivity index (χ0) is 21.4. The normalized spacial score (nSPS) is 14.0. The minimum Gasteiger partial charge on any atom is -0.349 e. The predicted octanol–water partition coefficient (Wildman–Crippen LogP) is 3.07. The average molecular weight is 418 g/mol. The first-order chi connectivity index (χ1) is 15.1. The first kappa shape index (κ1) is 19.7. The van der Waals surface area contributed by atoms with Crippen LogP contribution in [0.4, 0.5) is 0 Å². The van der Waals surface area contributed by atoms with Crippen LogP contribution in [0.1, 0.15) is 54.3 Å². The largest absolute Gasteiger partial charge is 0.349 e. The standard InChI is InChI=1S/C23H27N7O/c1-15-17(16(2)30-23(25-15)18-8-5-6-9-19(18)28-30)11-12-22(31)24-14-21-27-26-20-10-4-3-7-13-29(20)21/h5-6,8-9H,3-4,7,10-14H2,1-2H3,(H,24,31). The van der Waals surface area contributed by atoms with Gasteiger partial charge in [-0.25, -0.2) is 9.50 Å². The lowest BCUT2D eigenvalue weighted by molar-refractivity contribution is -0.121. The average Bonchev–Trinajstić information content (AvgIpc) is 3.24. The zero-order valence-corrected chi connectivity index (χ0v) is 18.1. The Hall–Kier alpha value is -3.29. The maximum atomic E-state index is 12.6. The molecule has 1 amide bonds. The second-order valence-electron chi connectivity index (χ2n) is 8.29. The maximum absolute atomic E-state index is 12.6. The van der Waals surface area contributed by atoms with Crippen LogP contribution in [0.15, 0.2) is 24.3 Å². The number of nitrogens with one attached hydrogen (secondary N) is 1. The van der Waals surface area contributed by atoms with E-state index in [0.717, 1.165) is 71.0 Å².